The van der Waals surface area contributed by atoms with Gasteiger partial charge < -0.3 is 21.1 Å². The van der Waals surface area contributed by atoms with E-state index in [1.165, 1.54) is 0 Å². The van der Waals surface area contributed by atoms with Crippen LogP contribution in [0.4, 0.5) is 0 Å². The van der Waals surface area contributed by atoms with Crippen LogP contribution >= 0.6 is 0 Å². The molecule has 3 amide bonds. The minimum atomic E-state index is -0.842. The first-order chi connectivity index (χ1) is 18.2. The molecule has 7 heteroatoms. The van der Waals surface area contributed by atoms with Gasteiger partial charge in [0.15, 0.2) is 0 Å². The van der Waals surface area contributed by atoms with Gasteiger partial charge in [0.25, 0.3) is 0 Å². The Bertz CT molecular complexity index is 900. The van der Waals surface area contributed by atoms with E-state index in [9.17, 15) is 19.5 Å². The van der Waals surface area contributed by atoms with Gasteiger partial charge in [0.05, 0.1) is 12.1 Å². The van der Waals surface area contributed by atoms with Gasteiger partial charge in [-0.15, -0.1) is 0 Å². The number of nitrogens with one attached hydrogen (secondary N) is 3. The average Bonchev–Trinajstić information content (AvgIpc) is 3.38. The first-order valence-corrected chi connectivity index (χ1v) is 14.8. The number of aliphatic hydroxyl groups excluding tert-OH is 1. The van der Waals surface area contributed by atoms with Gasteiger partial charge >= 0.3 is 0 Å². The van der Waals surface area contributed by atoms with Crippen LogP contribution < -0.4 is 16.0 Å². The lowest BCUT2D eigenvalue weighted by atomic mass is 9.69. The van der Waals surface area contributed by atoms with Gasteiger partial charge in [-0.1, -0.05) is 69.9 Å². The Morgan fingerprint density at radius 3 is 2.45 bits per heavy atom. The molecule has 3 rings (SSSR count). The van der Waals surface area contributed by atoms with Crippen LogP contribution in [-0.4, -0.2) is 47.1 Å². The van der Waals surface area contributed by atoms with Crippen molar-refractivity contribution in [3.05, 3.63) is 35.9 Å². The van der Waals surface area contributed by atoms with Gasteiger partial charge in [-0.3, -0.25) is 14.4 Å². The van der Waals surface area contributed by atoms with Crippen molar-refractivity contribution in [3.63, 3.8) is 0 Å². The SMILES string of the molecule is CCCCNC(=O)[C@H](C)C[C@H](O)C(Cc1ccccc1)NC(=O)[C@H]1CCC[C@H](C2(NC(C)=O)CCCC2)C1. The molecule has 0 heterocycles. The Labute approximate surface area is 228 Å². The number of carbonyl (C=O) groups is 3. The summed E-state index contributed by atoms with van der Waals surface area (Å²) in [5.74, 6) is -0.265. The summed E-state index contributed by atoms with van der Waals surface area (Å²) >= 11 is 0. The number of carbonyl (C=O) groups excluding carboxylic acids is 3. The summed E-state index contributed by atoms with van der Waals surface area (Å²) in [6.45, 7) is 6.15. The molecule has 5 atom stereocenters. The summed E-state index contributed by atoms with van der Waals surface area (Å²) in [6, 6.07) is 9.39. The van der Waals surface area contributed by atoms with Crippen molar-refractivity contribution in [2.24, 2.45) is 17.8 Å². The Morgan fingerprint density at radius 1 is 1.08 bits per heavy atom. The number of hydrogen-bond acceptors (Lipinski definition) is 4. The lowest BCUT2D eigenvalue weighted by Crippen LogP contribution is -2.54. The van der Waals surface area contributed by atoms with E-state index in [-0.39, 0.29) is 41.5 Å². The van der Waals surface area contributed by atoms with E-state index >= 15 is 0 Å². The van der Waals surface area contributed by atoms with E-state index < -0.39 is 12.1 Å². The Balaban J connectivity index is 1.67. The van der Waals surface area contributed by atoms with Crippen molar-refractivity contribution >= 4 is 17.7 Å². The molecule has 2 aliphatic carbocycles. The molecule has 0 aromatic heterocycles. The molecule has 0 saturated heterocycles. The molecule has 1 aromatic carbocycles. The van der Waals surface area contributed by atoms with Crippen LogP contribution in [-0.2, 0) is 20.8 Å². The number of rotatable bonds is 13. The Kier molecular flexibility index (Phi) is 11.6. The van der Waals surface area contributed by atoms with Crippen molar-refractivity contribution in [2.45, 2.75) is 116 Å². The minimum Gasteiger partial charge on any atom is -0.391 e. The standard InChI is InChI=1S/C31H49N3O4/c1-4-5-18-32-29(37)22(2)19-28(36)27(20-24-12-7-6-8-13-24)33-30(38)25-14-11-15-26(21-25)31(34-23(3)35)16-9-10-17-31/h6-8,12-13,22,25-28,36H,4-5,9-11,14-21H2,1-3H3,(H,32,37)(H,33,38)(H,34,35)/t22-,25+,26+,27?,28+/m1/s1. The summed E-state index contributed by atoms with van der Waals surface area (Å²) in [6.07, 6.45) is 9.67. The van der Waals surface area contributed by atoms with Gasteiger partial charge in [-0.25, -0.2) is 0 Å². The van der Waals surface area contributed by atoms with E-state index in [1.54, 1.807) is 6.92 Å². The molecular weight excluding hydrogens is 478 g/mol. The van der Waals surface area contributed by atoms with Crippen LogP contribution in [0.5, 0.6) is 0 Å². The summed E-state index contributed by atoms with van der Waals surface area (Å²) < 4.78 is 0. The molecule has 2 aliphatic rings. The highest BCUT2D eigenvalue weighted by Gasteiger charge is 2.45. The maximum atomic E-state index is 13.6. The Morgan fingerprint density at radius 2 is 1.79 bits per heavy atom. The molecule has 212 valence electrons. The van der Waals surface area contributed by atoms with Crippen molar-refractivity contribution in [1.29, 1.82) is 0 Å². The molecule has 38 heavy (non-hydrogen) atoms. The third-order valence-corrected chi connectivity index (χ3v) is 8.71. The molecule has 0 bridgehead atoms. The Hall–Kier alpha value is -2.41. The van der Waals surface area contributed by atoms with E-state index in [2.05, 4.69) is 22.9 Å². The monoisotopic (exact) mass is 527 g/mol. The number of amides is 3. The molecular formula is C31H49N3O4. The van der Waals surface area contributed by atoms with Gasteiger partial charge in [0.2, 0.25) is 17.7 Å². The van der Waals surface area contributed by atoms with E-state index in [4.69, 9.17) is 0 Å². The van der Waals surface area contributed by atoms with Crippen molar-refractivity contribution in [1.82, 2.24) is 16.0 Å². The molecule has 7 nitrogen and oxygen atoms in total. The molecule has 0 radical (unpaired) electrons. The molecule has 0 aliphatic heterocycles. The first kappa shape index (κ1) is 30.1. The van der Waals surface area contributed by atoms with Crippen LogP contribution in [0.3, 0.4) is 0 Å². The highest BCUT2D eigenvalue weighted by atomic mass is 16.3. The normalized spacial score (nSPS) is 23.2. The highest BCUT2D eigenvalue weighted by Crippen LogP contribution is 2.44. The van der Waals surface area contributed by atoms with Crippen LogP contribution in [0.25, 0.3) is 0 Å². The fourth-order valence-corrected chi connectivity index (χ4v) is 6.57. The summed E-state index contributed by atoms with van der Waals surface area (Å²) in [4.78, 5) is 38.1. The lowest BCUT2D eigenvalue weighted by molar-refractivity contribution is -0.129. The maximum Gasteiger partial charge on any atom is 0.223 e. The maximum absolute atomic E-state index is 13.6. The van der Waals surface area contributed by atoms with Gasteiger partial charge in [0, 0.05) is 30.8 Å². The second-order valence-corrected chi connectivity index (χ2v) is 11.8. The quantitative estimate of drug-likeness (QED) is 0.287. The summed E-state index contributed by atoms with van der Waals surface area (Å²) in [7, 11) is 0. The molecule has 1 unspecified atom stereocenters. The molecule has 2 saturated carbocycles. The topological polar surface area (TPSA) is 108 Å². The van der Waals surface area contributed by atoms with E-state index in [0.29, 0.717) is 18.9 Å². The molecule has 0 spiro atoms. The van der Waals surface area contributed by atoms with Crippen molar-refractivity contribution in [3.8, 4) is 0 Å². The minimum absolute atomic E-state index is 0.0115. The molecule has 1 aromatic rings. The van der Waals surface area contributed by atoms with E-state index in [0.717, 1.165) is 69.8 Å². The smallest absolute Gasteiger partial charge is 0.223 e. The number of aliphatic hydroxyl groups is 1. The summed E-state index contributed by atoms with van der Waals surface area (Å²) in [5.41, 5.74) is 0.850. The van der Waals surface area contributed by atoms with Crippen LogP contribution in [0, 0.1) is 17.8 Å². The lowest BCUT2D eigenvalue weighted by Gasteiger charge is -2.42. The predicted molar refractivity (Wildman–Crippen MR) is 150 cm³/mol. The first-order valence-electron chi connectivity index (χ1n) is 14.8. The predicted octanol–water partition coefficient (Wildman–Crippen LogP) is 4.27. The third-order valence-electron chi connectivity index (χ3n) is 8.71. The van der Waals surface area contributed by atoms with Crippen LogP contribution in [0.2, 0.25) is 0 Å². The molecule has 4 N–H and O–H groups in total. The fourth-order valence-electron chi connectivity index (χ4n) is 6.57. The third kappa shape index (κ3) is 8.55. The highest BCUT2D eigenvalue weighted by molar-refractivity contribution is 5.80. The fraction of sp³-hybridized carbons (Fsp3) is 0.710. The summed E-state index contributed by atoms with van der Waals surface area (Å²) in [5, 5.41) is 20.6. The van der Waals surface area contributed by atoms with E-state index in [1.807, 2.05) is 37.3 Å². The average molecular weight is 528 g/mol. The van der Waals surface area contributed by atoms with Crippen molar-refractivity contribution in [2.75, 3.05) is 6.54 Å². The largest absolute Gasteiger partial charge is 0.391 e. The van der Waals surface area contributed by atoms with Gasteiger partial charge in [-0.05, 0) is 62.8 Å². The number of benzene rings is 1. The second-order valence-electron chi connectivity index (χ2n) is 11.8. The van der Waals surface area contributed by atoms with Crippen molar-refractivity contribution < 1.29 is 19.5 Å². The molecule has 2 fully saturated rings. The van der Waals surface area contributed by atoms with Gasteiger partial charge in [-0.2, -0.15) is 0 Å². The second kappa shape index (κ2) is 14.7. The zero-order chi connectivity index (χ0) is 27.5. The van der Waals surface area contributed by atoms with Gasteiger partial charge in [0.1, 0.15) is 0 Å². The van der Waals surface area contributed by atoms with Crippen LogP contribution in [0.15, 0.2) is 30.3 Å². The zero-order valence-electron chi connectivity index (χ0n) is 23.6. The number of hydrogen-bond donors (Lipinski definition) is 4. The zero-order valence-corrected chi connectivity index (χ0v) is 23.6. The van der Waals surface area contributed by atoms with Crippen LogP contribution in [0.1, 0.15) is 97.0 Å². The number of unbranched alkanes of at least 4 members (excludes halogenated alkanes) is 1.